The molecule has 0 fully saturated rings. The van der Waals surface area contributed by atoms with Gasteiger partial charge in [0.15, 0.2) is 0 Å². The number of halogens is 1. The zero-order valence-electron chi connectivity index (χ0n) is 10.6. The molecule has 100 valence electrons. The number of nitrogens with two attached hydrogens (primary N) is 1. The molecule has 0 heterocycles. The average Bonchev–Trinajstić information content (AvgIpc) is 2.38. The summed E-state index contributed by atoms with van der Waals surface area (Å²) in [4.78, 5) is 0. The fourth-order valence-electron chi connectivity index (χ4n) is 1.74. The molecule has 1 aromatic carbocycles. The largest absolute Gasteiger partial charge is 0.409 e. The minimum Gasteiger partial charge on any atom is -0.409 e. The molecule has 1 aromatic rings. The van der Waals surface area contributed by atoms with Crippen molar-refractivity contribution in [2.75, 3.05) is 6.54 Å². The van der Waals surface area contributed by atoms with Gasteiger partial charge in [0.2, 0.25) is 0 Å². The summed E-state index contributed by atoms with van der Waals surface area (Å²) in [5.41, 5.74) is 6.66. The third-order valence-corrected chi connectivity index (χ3v) is 3.53. The molecular formula is C13H20BrN3O. The highest BCUT2D eigenvalue weighted by molar-refractivity contribution is 9.10. The molecule has 0 saturated heterocycles. The Kier molecular flexibility index (Phi) is 6.75. The lowest BCUT2D eigenvalue weighted by atomic mass is 10.1. The highest BCUT2D eigenvalue weighted by Gasteiger charge is 2.07. The van der Waals surface area contributed by atoms with Crippen LogP contribution in [0, 0.1) is 0 Å². The minimum absolute atomic E-state index is 0.300. The summed E-state index contributed by atoms with van der Waals surface area (Å²) < 4.78 is 1.13. The number of oxime groups is 1. The Bertz CT molecular complexity index is 396. The molecule has 4 nitrogen and oxygen atoms in total. The van der Waals surface area contributed by atoms with E-state index in [1.165, 1.54) is 5.56 Å². The normalized spacial score (nSPS) is 13.6. The maximum Gasteiger partial charge on any atom is 0.139 e. The number of hydrogen-bond donors (Lipinski definition) is 3. The van der Waals surface area contributed by atoms with E-state index in [-0.39, 0.29) is 0 Å². The van der Waals surface area contributed by atoms with Gasteiger partial charge in [-0.1, -0.05) is 39.3 Å². The predicted molar refractivity (Wildman–Crippen MR) is 77.8 cm³/mol. The molecule has 0 spiro atoms. The number of nitrogens with one attached hydrogen (secondary N) is 1. The summed E-state index contributed by atoms with van der Waals surface area (Å²) in [7, 11) is 0. The summed E-state index contributed by atoms with van der Waals surface area (Å²) in [5.74, 6) is 0.300. The third-order valence-electron chi connectivity index (χ3n) is 2.81. The van der Waals surface area contributed by atoms with Gasteiger partial charge in [-0.15, -0.1) is 0 Å². The van der Waals surface area contributed by atoms with E-state index in [1.807, 2.05) is 18.2 Å². The Labute approximate surface area is 116 Å². The van der Waals surface area contributed by atoms with Gasteiger partial charge < -0.3 is 16.3 Å². The first-order chi connectivity index (χ1) is 8.65. The topological polar surface area (TPSA) is 70.6 Å². The first-order valence-corrected chi connectivity index (χ1v) is 6.88. The van der Waals surface area contributed by atoms with Gasteiger partial charge in [-0.25, -0.2) is 0 Å². The quantitative estimate of drug-likeness (QED) is 0.238. The molecular weight excluding hydrogens is 294 g/mol. The van der Waals surface area contributed by atoms with Crippen LogP contribution in [-0.4, -0.2) is 17.6 Å². The van der Waals surface area contributed by atoms with Crippen LogP contribution in [0.25, 0.3) is 0 Å². The molecule has 0 saturated carbocycles. The van der Waals surface area contributed by atoms with E-state index in [9.17, 15) is 0 Å². The second kappa shape index (κ2) is 8.11. The van der Waals surface area contributed by atoms with E-state index in [0.29, 0.717) is 18.3 Å². The van der Waals surface area contributed by atoms with Gasteiger partial charge in [-0.05, 0) is 37.9 Å². The van der Waals surface area contributed by atoms with E-state index in [2.05, 4.69) is 39.4 Å². The van der Waals surface area contributed by atoms with E-state index < -0.39 is 0 Å². The van der Waals surface area contributed by atoms with Crippen LogP contribution in [-0.2, 0) is 0 Å². The van der Waals surface area contributed by atoms with Crippen LogP contribution in [0.4, 0.5) is 0 Å². The fourth-order valence-corrected chi connectivity index (χ4v) is 2.36. The minimum atomic E-state index is 0.300. The van der Waals surface area contributed by atoms with Crippen LogP contribution in [0.1, 0.15) is 37.8 Å². The summed E-state index contributed by atoms with van der Waals surface area (Å²) >= 11 is 3.55. The summed E-state index contributed by atoms with van der Waals surface area (Å²) in [6.07, 6.45) is 2.57. The number of unbranched alkanes of at least 4 members (excludes halogenated alkanes) is 1. The molecule has 0 amide bonds. The van der Waals surface area contributed by atoms with Gasteiger partial charge >= 0.3 is 0 Å². The van der Waals surface area contributed by atoms with Gasteiger partial charge in [-0.2, -0.15) is 0 Å². The smallest absolute Gasteiger partial charge is 0.139 e. The molecule has 0 unspecified atom stereocenters. The van der Waals surface area contributed by atoms with Crippen molar-refractivity contribution in [3.8, 4) is 0 Å². The lowest BCUT2D eigenvalue weighted by Crippen LogP contribution is -2.20. The van der Waals surface area contributed by atoms with Crippen molar-refractivity contribution in [3.63, 3.8) is 0 Å². The Morgan fingerprint density at radius 2 is 2.17 bits per heavy atom. The monoisotopic (exact) mass is 313 g/mol. The van der Waals surface area contributed by atoms with Gasteiger partial charge in [-0.3, -0.25) is 0 Å². The van der Waals surface area contributed by atoms with E-state index >= 15 is 0 Å². The molecule has 0 bridgehead atoms. The Morgan fingerprint density at radius 1 is 1.44 bits per heavy atom. The second-order valence-electron chi connectivity index (χ2n) is 4.25. The van der Waals surface area contributed by atoms with E-state index in [1.54, 1.807) is 0 Å². The molecule has 0 radical (unpaired) electrons. The Hall–Kier alpha value is -1.07. The maximum atomic E-state index is 8.40. The van der Waals surface area contributed by atoms with Crippen LogP contribution in [0.15, 0.2) is 33.9 Å². The first kappa shape index (κ1) is 15.0. The van der Waals surface area contributed by atoms with Crippen LogP contribution >= 0.6 is 15.9 Å². The average molecular weight is 314 g/mol. The van der Waals surface area contributed by atoms with E-state index in [0.717, 1.165) is 23.9 Å². The van der Waals surface area contributed by atoms with Gasteiger partial charge in [0.05, 0.1) is 0 Å². The molecule has 4 N–H and O–H groups in total. The molecule has 18 heavy (non-hydrogen) atoms. The zero-order chi connectivity index (χ0) is 13.4. The molecule has 0 aliphatic heterocycles. The van der Waals surface area contributed by atoms with Crippen molar-refractivity contribution >= 4 is 21.8 Å². The van der Waals surface area contributed by atoms with Gasteiger partial charge in [0.25, 0.3) is 0 Å². The Morgan fingerprint density at radius 3 is 2.83 bits per heavy atom. The number of hydrogen-bond acceptors (Lipinski definition) is 3. The highest BCUT2D eigenvalue weighted by atomic mass is 79.9. The zero-order valence-corrected chi connectivity index (χ0v) is 12.2. The maximum absolute atomic E-state index is 8.40. The lowest BCUT2D eigenvalue weighted by Gasteiger charge is -2.15. The van der Waals surface area contributed by atoms with Crippen molar-refractivity contribution in [1.29, 1.82) is 0 Å². The molecule has 5 heteroatoms. The summed E-state index contributed by atoms with van der Waals surface area (Å²) in [6.45, 7) is 3.06. The number of nitrogens with zero attached hydrogens (tertiary/aromatic N) is 1. The van der Waals surface area contributed by atoms with Crippen molar-refractivity contribution in [1.82, 2.24) is 5.32 Å². The Balaban J connectivity index is 2.26. The standard InChI is InChI=1S/C13H20BrN3O/c1-10(11-6-2-3-7-12(11)14)16-9-5-4-8-13(15)17-18/h2-3,6-7,10,16,18H,4-5,8-9H2,1H3,(H2,15,17)/t10-/m0/s1. The van der Waals surface area contributed by atoms with Gasteiger partial charge in [0, 0.05) is 16.9 Å². The number of amidine groups is 1. The molecule has 0 aromatic heterocycles. The highest BCUT2D eigenvalue weighted by Crippen LogP contribution is 2.22. The second-order valence-corrected chi connectivity index (χ2v) is 5.10. The SMILES string of the molecule is C[C@H](NCCCC/C(N)=N/O)c1ccccc1Br. The van der Waals surface area contributed by atoms with Crippen molar-refractivity contribution in [2.24, 2.45) is 10.9 Å². The summed E-state index contributed by atoms with van der Waals surface area (Å²) in [5, 5.41) is 14.8. The third kappa shape index (κ3) is 5.06. The summed E-state index contributed by atoms with van der Waals surface area (Å²) in [6, 6.07) is 8.52. The van der Waals surface area contributed by atoms with Gasteiger partial charge in [0.1, 0.15) is 5.84 Å². The number of benzene rings is 1. The van der Waals surface area contributed by atoms with E-state index in [4.69, 9.17) is 10.9 Å². The molecule has 0 aliphatic rings. The van der Waals surface area contributed by atoms with Crippen LogP contribution in [0.3, 0.4) is 0 Å². The van der Waals surface area contributed by atoms with Crippen LogP contribution in [0.5, 0.6) is 0 Å². The predicted octanol–water partition coefficient (Wildman–Crippen LogP) is 3.02. The molecule has 0 aliphatic carbocycles. The molecule has 1 rings (SSSR count). The first-order valence-electron chi connectivity index (χ1n) is 6.09. The van der Waals surface area contributed by atoms with Crippen LogP contribution < -0.4 is 11.1 Å². The lowest BCUT2D eigenvalue weighted by molar-refractivity contribution is 0.316. The number of rotatable bonds is 7. The van der Waals surface area contributed by atoms with Crippen molar-refractivity contribution in [3.05, 3.63) is 34.3 Å². The van der Waals surface area contributed by atoms with Crippen LogP contribution in [0.2, 0.25) is 0 Å². The fraction of sp³-hybridized carbons (Fsp3) is 0.462. The van der Waals surface area contributed by atoms with Crippen molar-refractivity contribution in [2.45, 2.75) is 32.2 Å². The molecule has 1 atom stereocenters. The van der Waals surface area contributed by atoms with Crippen molar-refractivity contribution < 1.29 is 5.21 Å².